The molecule has 13 heavy (non-hydrogen) atoms. The first-order chi connectivity index (χ1) is 6.27. The van der Waals surface area contributed by atoms with Crippen LogP contribution in [0.1, 0.15) is 13.3 Å². The second-order valence-electron chi connectivity index (χ2n) is 3.83. The van der Waals surface area contributed by atoms with Gasteiger partial charge >= 0.3 is 0 Å². The molecule has 2 N–H and O–H groups in total. The second-order valence-corrected chi connectivity index (χ2v) is 3.83. The highest BCUT2D eigenvalue weighted by Crippen LogP contribution is 2.23. The molecule has 0 saturated carbocycles. The first kappa shape index (κ1) is 8.57. The molecule has 1 fully saturated rings. The molecule has 0 amide bonds. The SMILES string of the molecule is CC1CC(N)CN1c1ccccc1. The minimum atomic E-state index is 0.343. The summed E-state index contributed by atoms with van der Waals surface area (Å²) in [6.45, 7) is 3.23. The lowest BCUT2D eigenvalue weighted by Crippen LogP contribution is -2.28. The zero-order valence-corrected chi connectivity index (χ0v) is 7.98. The summed E-state index contributed by atoms with van der Waals surface area (Å²) in [7, 11) is 0. The van der Waals surface area contributed by atoms with Gasteiger partial charge in [-0.3, -0.25) is 0 Å². The first-order valence-electron chi connectivity index (χ1n) is 4.84. The Labute approximate surface area is 79.4 Å². The molecule has 0 aliphatic carbocycles. The van der Waals surface area contributed by atoms with Crippen molar-refractivity contribution in [2.45, 2.75) is 25.4 Å². The van der Waals surface area contributed by atoms with Crippen LogP contribution in [0.2, 0.25) is 0 Å². The van der Waals surface area contributed by atoms with E-state index in [0.29, 0.717) is 12.1 Å². The number of para-hydroxylation sites is 1. The number of nitrogens with two attached hydrogens (primary N) is 1. The van der Waals surface area contributed by atoms with Gasteiger partial charge in [-0.2, -0.15) is 0 Å². The first-order valence-corrected chi connectivity index (χ1v) is 4.84. The number of benzene rings is 1. The van der Waals surface area contributed by atoms with Crippen molar-refractivity contribution in [3.05, 3.63) is 30.3 Å². The third-order valence-corrected chi connectivity index (χ3v) is 2.69. The van der Waals surface area contributed by atoms with Crippen molar-refractivity contribution in [2.75, 3.05) is 11.4 Å². The smallest absolute Gasteiger partial charge is 0.0369 e. The molecule has 0 radical (unpaired) electrons. The average molecular weight is 176 g/mol. The molecular formula is C11H16N2. The fraction of sp³-hybridized carbons (Fsp3) is 0.455. The molecule has 2 heteroatoms. The number of rotatable bonds is 1. The molecule has 1 aliphatic heterocycles. The van der Waals surface area contributed by atoms with Gasteiger partial charge in [0, 0.05) is 24.3 Å². The zero-order valence-electron chi connectivity index (χ0n) is 7.98. The van der Waals surface area contributed by atoms with Crippen molar-refractivity contribution in [3.8, 4) is 0 Å². The van der Waals surface area contributed by atoms with E-state index in [4.69, 9.17) is 5.73 Å². The molecule has 2 atom stereocenters. The quantitative estimate of drug-likeness (QED) is 0.704. The molecule has 70 valence electrons. The highest BCUT2D eigenvalue weighted by molar-refractivity contribution is 5.48. The summed E-state index contributed by atoms with van der Waals surface area (Å²) in [4.78, 5) is 2.38. The van der Waals surface area contributed by atoms with Crippen molar-refractivity contribution in [3.63, 3.8) is 0 Å². The number of hydrogen-bond donors (Lipinski definition) is 1. The molecule has 1 saturated heterocycles. The van der Waals surface area contributed by atoms with Crippen LogP contribution < -0.4 is 10.6 Å². The van der Waals surface area contributed by atoms with Crippen LogP contribution in [0.5, 0.6) is 0 Å². The highest BCUT2D eigenvalue weighted by Gasteiger charge is 2.26. The van der Waals surface area contributed by atoms with E-state index in [9.17, 15) is 0 Å². The summed E-state index contributed by atoms with van der Waals surface area (Å²) in [6.07, 6.45) is 1.11. The topological polar surface area (TPSA) is 29.3 Å². The van der Waals surface area contributed by atoms with Gasteiger partial charge in [0.25, 0.3) is 0 Å². The molecule has 2 nitrogen and oxygen atoms in total. The van der Waals surface area contributed by atoms with Crippen molar-refractivity contribution >= 4 is 5.69 Å². The lowest BCUT2D eigenvalue weighted by molar-refractivity contribution is 0.690. The Hall–Kier alpha value is -1.02. The van der Waals surface area contributed by atoms with Gasteiger partial charge in [-0.15, -0.1) is 0 Å². The van der Waals surface area contributed by atoms with Gasteiger partial charge in [0.1, 0.15) is 0 Å². The second kappa shape index (κ2) is 3.38. The fourth-order valence-corrected chi connectivity index (χ4v) is 2.05. The lowest BCUT2D eigenvalue weighted by atomic mass is 10.2. The van der Waals surface area contributed by atoms with Crippen molar-refractivity contribution in [1.29, 1.82) is 0 Å². The maximum atomic E-state index is 5.91. The lowest BCUT2D eigenvalue weighted by Gasteiger charge is -2.23. The Kier molecular flexibility index (Phi) is 2.23. The van der Waals surface area contributed by atoms with Crippen molar-refractivity contribution in [1.82, 2.24) is 0 Å². The van der Waals surface area contributed by atoms with Crippen LogP contribution >= 0.6 is 0 Å². The Morgan fingerprint density at radius 3 is 2.54 bits per heavy atom. The molecular weight excluding hydrogens is 160 g/mol. The van der Waals surface area contributed by atoms with Crippen LogP contribution in [0.4, 0.5) is 5.69 Å². The summed E-state index contributed by atoms with van der Waals surface area (Å²) in [5, 5.41) is 0. The van der Waals surface area contributed by atoms with Gasteiger partial charge in [0.2, 0.25) is 0 Å². The van der Waals surface area contributed by atoms with Gasteiger partial charge in [-0.25, -0.2) is 0 Å². The molecule has 2 rings (SSSR count). The van der Waals surface area contributed by atoms with Crippen LogP contribution in [0.25, 0.3) is 0 Å². The van der Waals surface area contributed by atoms with E-state index >= 15 is 0 Å². The summed E-state index contributed by atoms with van der Waals surface area (Å²) in [5.74, 6) is 0. The van der Waals surface area contributed by atoms with Crippen LogP contribution in [-0.2, 0) is 0 Å². The Morgan fingerprint density at radius 1 is 1.31 bits per heavy atom. The normalized spacial score (nSPS) is 28.0. The van der Waals surface area contributed by atoms with Crippen LogP contribution in [-0.4, -0.2) is 18.6 Å². The van der Waals surface area contributed by atoms with Crippen LogP contribution in [0.15, 0.2) is 30.3 Å². The van der Waals surface area contributed by atoms with E-state index < -0.39 is 0 Å². The average Bonchev–Trinajstić information content (AvgIpc) is 2.47. The van der Waals surface area contributed by atoms with E-state index in [0.717, 1.165) is 13.0 Å². The van der Waals surface area contributed by atoms with Gasteiger partial charge in [-0.1, -0.05) is 18.2 Å². The van der Waals surface area contributed by atoms with Gasteiger partial charge < -0.3 is 10.6 Å². The Balaban J connectivity index is 2.18. The fourth-order valence-electron chi connectivity index (χ4n) is 2.05. The minimum absolute atomic E-state index is 0.343. The van der Waals surface area contributed by atoms with E-state index in [2.05, 4.69) is 36.1 Å². The summed E-state index contributed by atoms with van der Waals surface area (Å²) in [6, 6.07) is 11.4. The van der Waals surface area contributed by atoms with Crippen LogP contribution in [0.3, 0.4) is 0 Å². The largest absolute Gasteiger partial charge is 0.367 e. The summed E-state index contributed by atoms with van der Waals surface area (Å²) in [5.41, 5.74) is 7.21. The van der Waals surface area contributed by atoms with Gasteiger partial charge in [0.05, 0.1) is 0 Å². The predicted molar refractivity (Wildman–Crippen MR) is 55.8 cm³/mol. The molecule has 1 aliphatic rings. The molecule has 0 spiro atoms. The van der Waals surface area contributed by atoms with E-state index in [1.807, 2.05) is 6.07 Å². The standard InChI is InChI=1S/C11H16N2/c1-9-7-10(12)8-13(9)11-5-3-2-4-6-11/h2-6,9-10H,7-8,12H2,1H3. The monoisotopic (exact) mass is 176 g/mol. The van der Waals surface area contributed by atoms with Crippen LogP contribution in [0, 0.1) is 0 Å². The summed E-state index contributed by atoms with van der Waals surface area (Å²) < 4.78 is 0. The molecule has 1 aromatic carbocycles. The van der Waals surface area contributed by atoms with E-state index in [1.165, 1.54) is 5.69 Å². The number of anilines is 1. The van der Waals surface area contributed by atoms with Gasteiger partial charge in [0.15, 0.2) is 0 Å². The zero-order chi connectivity index (χ0) is 9.26. The molecule has 1 aromatic rings. The van der Waals surface area contributed by atoms with E-state index in [1.54, 1.807) is 0 Å². The third-order valence-electron chi connectivity index (χ3n) is 2.69. The molecule has 0 aromatic heterocycles. The minimum Gasteiger partial charge on any atom is -0.367 e. The van der Waals surface area contributed by atoms with Crippen molar-refractivity contribution < 1.29 is 0 Å². The molecule has 1 heterocycles. The maximum Gasteiger partial charge on any atom is 0.0369 e. The summed E-state index contributed by atoms with van der Waals surface area (Å²) >= 11 is 0. The molecule has 2 unspecified atom stereocenters. The molecule has 0 bridgehead atoms. The number of nitrogens with zero attached hydrogens (tertiary/aromatic N) is 1. The van der Waals surface area contributed by atoms with E-state index in [-0.39, 0.29) is 0 Å². The van der Waals surface area contributed by atoms with Crippen molar-refractivity contribution in [2.24, 2.45) is 5.73 Å². The Morgan fingerprint density at radius 2 is 2.00 bits per heavy atom. The number of hydrogen-bond acceptors (Lipinski definition) is 2. The maximum absolute atomic E-state index is 5.91. The third kappa shape index (κ3) is 1.68. The predicted octanol–water partition coefficient (Wildman–Crippen LogP) is 1.61. The highest BCUT2D eigenvalue weighted by atomic mass is 15.2. The van der Waals surface area contributed by atoms with Gasteiger partial charge in [-0.05, 0) is 25.5 Å². The Bertz CT molecular complexity index is 271.